The molecule has 1 heterocycles. The first-order chi connectivity index (χ1) is 12.7. The zero-order valence-corrected chi connectivity index (χ0v) is 15.8. The van der Waals surface area contributed by atoms with Gasteiger partial charge in [-0.25, -0.2) is 0 Å². The van der Waals surface area contributed by atoms with Crippen LogP contribution in [0.15, 0.2) is 59.7 Å². The second kappa shape index (κ2) is 9.31. The first-order valence-corrected chi connectivity index (χ1v) is 9.18. The second-order valence-corrected chi connectivity index (χ2v) is 6.53. The third kappa shape index (κ3) is 5.28. The molecule has 1 saturated heterocycles. The number of hydrogen-bond donors (Lipinski definition) is 2. The normalized spacial score (nSPS) is 14.8. The van der Waals surface area contributed by atoms with E-state index in [4.69, 9.17) is 17.0 Å². The third-order valence-corrected chi connectivity index (χ3v) is 4.52. The van der Waals surface area contributed by atoms with Gasteiger partial charge in [-0.2, -0.15) is 5.10 Å². The van der Waals surface area contributed by atoms with Crippen LogP contribution < -0.4 is 15.6 Å². The van der Waals surface area contributed by atoms with Crippen LogP contribution in [0.5, 0.6) is 0 Å². The third-order valence-electron chi connectivity index (χ3n) is 4.28. The Labute approximate surface area is 160 Å². The minimum Gasteiger partial charge on any atom is -0.378 e. The van der Waals surface area contributed by atoms with Gasteiger partial charge in [0.1, 0.15) is 0 Å². The van der Waals surface area contributed by atoms with Gasteiger partial charge in [0.15, 0.2) is 5.11 Å². The number of morpholine rings is 1. The monoisotopic (exact) mass is 368 g/mol. The molecule has 0 spiro atoms. The Bertz CT molecular complexity index is 740. The highest BCUT2D eigenvalue weighted by atomic mass is 32.1. The van der Waals surface area contributed by atoms with E-state index in [1.54, 1.807) is 0 Å². The quantitative estimate of drug-likeness (QED) is 0.483. The molecule has 0 aliphatic carbocycles. The molecule has 3 rings (SSSR count). The Balaban J connectivity index is 1.51. The number of benzene rings is 2. The summed E-state index contributed by atoms with van der Waals surface area (Å²) in [5, 5.41) is 8.04. The molecular formula is C20H24N4OS. The number of ether oxygens (including phenoxy) is 1. The van der Waals surface area contributed by atoms with Gasteiger partial charge >= 0.3 is 0 Å². The van der Waals surface area contributed by atoms with Gasteiger partial charge in [-0.3, -0.25) is 5.43 Å². The summed E-state index contributed by atoms with van der Waals surface area (Å²) in [5.74, 6) is 0. The summed E-state index contributed by atoms with van der Waals surface area (Å²) >= 11 is 5.28. The van der Waals surface area contributed by atoms with Crippen LogP contribution in [0.4, 0.5) is 5.69 Å². The van der Waals surface area contributed by atoms with Crippen molar-refractivity contribution in [3.05, 3.63) is 65.7 Å². The number of hydrazone groups is 1. The van der Waals surface area contributed by atoms with Gasteiger partial charge in [0.05, 0.1) is 18.9 Å². The lowest BCUT2D eigenvalue weighted by Crippen LogP contribution is -2.36. The number of anilines is 1. The number of nitrogens with one attached hydrogen (secondary N) is 2. The number of rotatable bonds is 5. The second-order valence-electron chi connectivity index (χ2n) is 6.12. The Morgan fingerprint density at radius 3 is 2.46 bits per heavy atom. The average molecular weight is 369 g/mol. The Morgan fingerprint density at radius 2 is 1.77 bits per heavy atom. The molecule has 2 N–H and O–H groups in total. The van der Waals surface area contributed by atoms with Gasteiger partial charge in [-0.05, 0) is 42.4 Å². The summed E-state index contributed by atoms with van der Waals surface area (Å²) in [7, 11) is 0. The van der Waals surface area contributed by atoms with Crippen LogP contribution in [-0.4, -0.2) is 37.1 Å². The van der Waals surface area contributed by atoms with Crippen LogP contribution in [-0.2, 0) is 11.3 Å². The summed E-state index contributed by atoms with van der Waals surface area (Å²) in [6.07, 6.45) is 0. The van der Waals surface area contributed by atoms with Crippen LogP contribution in [0, 0.1) is 0 Å². The largest absolute Gasteiger partial charge is 0.378 e. The van der Waals surface area contributed by atoms with Crippen molar-refractivity contribution in [3.8, 4) is 0 Å². The fourth-order valence-corrected chi connectivity index (χ4v) is 2.87. The zero-order valence-electron chi connectivity index (χ0n) is 14.9. The van der Waals surface area contributed by atoms with Crippen LogP contribution >= 0.6 is 12.2 Å². The van der Waals surface area contributed by atoms with E-state index in [0.717, 1.165) is 37.6 Å². The van der Waals surface area contributed by atoms with Crippen molar-refractivity contribution in [1.82, 2.24) is 10.7 Å². The molecule has 2 aromatic rings. The van der Waals surface area contributed by atoms with Crippen molar-refractivity contribution in [2.24, 2.45) is 5.10 Å². The molecule has 0 bridgehead atoms. The summed E-state index contributed by atoms with van der Waals surface area (Å²) in [6.45, 7) is 6.11. The van der Waals surface area contributed by atoms with Crippen molar-refractivity contribution in [2.45, 2.75) is 13.5 Å². The molecule has 6 heteroatoms. The molecule has 0 atom stereocenters. The highest BCUT2D eigenvalue weighted by molar-refractivity contribution is 7.80. The maximum Gasteiger partial charge on any atom is 0.187 e. The predicted molar refractivity (Wildman–Crippen MR) is 111 cm³/mol. The summed E-state index contributed by atoms with van der Waals surface area (Å²) in [5.41, 5.74) is 7.27. The average Bonchev–Trinajstić information content (AvgIpc) is 2.72. The molecular weight excluding hydrogens is 344 g/mol. The van der Waals surface area contributed by atoms with Crippen molar-refractivity contribution in [2.75, 3.05) is 31.2 Å². The van der Waals surface area contributed by atoms with Crippen molar-refractivity contribution in [1.29, 1.82) is 0 Å². The Morgan fingerprint density at radius 1 is 1.08 bits per heavy atom. The van der Waals surface area contributed by atoms with Gasteiger partial charge in [0, 0.05) is 25.3 Å². The number of nitrogens with zero attached hydrogens (tertiary/aromatic N) is 2. The lowest BCUT2D eigenvalue weighted by molar-refractivity contribution is 0.122. The van der Waals surface area contributed by atoms with E-state index >= 15 is 0 Å². The standard InChI is InChI=1S/C20H24N4OS/c1-16(22-23-20(26)21-15-17-5-3-2-4-6-17)18-7-9-19(10-8-18)24-11-13-25-14-12-24/h2-10H,11-15H2,1H3,(H2,21,23,26)/b22-16+. The molecule has 1 aliphatic rings. The lowest BCUT2D eigenvalue weighted by Gasteiger charge is -2.28. The first kappa shape index (κ1) is 18.4. The molecule has 1 fully saturated rings. The van der Waals surface area contributed by atoms with Gasteiger partial charge in [-0.1, -0.05) is 42.5 Å². The van der Waals surface area contributed by atoms with E-state index in [2.05, 4.69) is 57.1 Å². The van der Waals surface area contributed by atoms with E-state index < -0.39 is 0 Å². The molecule has 0 unspecified atom stereocenters. The highest BCUT2D eigenvalue weighted by Crippen LogP contribution is 2.17. The smallest absolute Gasteiger partial charge is 0.187 e. The molecule has 26 heavy (non-hydrogen) atoms. The van der Waals surface area contributed by atoms with Crippen molar-refractivity contribution < 1.29 is 4.74 Å². The van der Waals surface area contributed by atoms with Gasteiger partial charge in [0.2, 0.25) is 0 Å². The zero-order chi connectivity index (χ0) is 18.2. The molecule has 5 nitrogen and oxygen atoms in total. The van der Waals surface area contributed by atoms with Gasteiger partial charge < -0.3 is 15.0 Å². The summed E-state index contributed by atoms with van der Waals surface area (Å²) in [4.78, 5) is 2.33. The molecule has 0 radical (unpaired) electrons. The Hall–Kier alpha value is -2.44. The first-order valence-electron chi connectivity index (χ1n) is 8.77. The maximum atomic E-state index is 5.40. The summed E-state index contributed by atoms with van der Waals surface area (Å²) in [6, 6.07) is 18.6. The Kier molecular flexibility index (Phi) is 6.57. The van der Waals surface area contributed by atoms with Crippen LogP contribution in [0.25, 0.3) is 0 Å². The topological polar surface area (TPSA) is 48.9 Å². The van der Waals surface area contributed by atoms with Gasteiger partial charge in [-0.15, -0.1) is 0 Å². The molecule has 1 aliphatic heterocycles. The van der Waals surface area contributed by atoms with E-state index in [-0.39, 0.29) is 0 Å². The minimum atomic E-state index is 0.512. The molecule has 2 aromatic carbocycles. The van der Waals surface area contributed by atoms with E-state index in [9.17, 15) is 0 Å². The molecule has 136 valence electrons. The number of thiocarbonyl (C=S) groups is 1. The van der Waals surface area contributed by atoms with Crippen molar-refractivity contribution >= 4 is 28.7 Å². The van der Waals surface area contributed by atoms with Gasteiger partial charge in [0.25, 0.3) is 0 Å². The highest BCUT2D eigenvalue weighted by Gasteiger charge is 2.11. The van der Waals surface area contributed by atoms with Crippen LogP contribution in [0.2, 0.25) is 0 Å². The van der Waals surface area contributed by atoms with E-state index in [1.165, 1.54) is 11.3 Å². The van der Waals surface area contributed by atoms with E-state index in [1.807, 2.05) is 25.1 Å². The lowest BCUT2D eigenvalue weighted by atomic mass is 10.1. The SMILES string of the molecule is C/C(=N\NC(=S)NCc1ccccc1)c1ccc(N2CCOCC2)cc1. The van der Waals surface area contributed by atoms with Crippen LogP contribution in [0.3, 0.4) is 0 Å². The maximum absolute atomic E-state index is 5.40. The van der Waals surface area contributed by atoms with Crippen molar-refractivity contribution in [3.63, 3.8) is 0 Å². The predicted octanol–water partition coefficient (Wildman–Crippen LogP) is 2.91. The summed E-state index contributed by atoms with van der Waals surface area (Å²) < 4.78 is 5.40. The minimum absolute atomic E-state index is 0.512. The number of hydrogen-bond acceptors (Lipinski definition) is 4. The fraction of sp³-hybridized carbons (Fsp3) is 0.300. The molecule has 0 amide bonds. The fourth-order valence-electron chi connectivity index (χ4n) is 2.75. The molecule has 0 aromatic heterocycles. The molecule has 0 saturated carbocycles. The van der Waals surface area contributed by atoms with Crippen LogP contribution in [0.1, 0.15) is 18.1 Å². The van der Waals surface area contributed by atoms with E-state index in [0.29, 0.717) is 11.7 Å².